The van der Waals surface area contributed by atoms with Crippen LogP contribution in [0.15, 0.2) is 10.5 Å². The lowest BCUT2D eigenvalue weighted by molar-refractivity contribution is 0.181. The Bertz CT molecular complexity index is 309. The molecule has 0 saturated carbocycles. The first-order valence-corrected chi connectivity index (χ1v) is 3.77. The quantitative estimate of drug-likeness (QED) is 0.727. The highest BCUT2D eigenvalue weighted by Crippen LogP contribution is 2.23. The number of furan rings is 1. The number of nitriles is 1. The highest BCUT2D eigenvalue weighted by Gasteiger charge is 2.13. The minimum atomic E-state index is -0.715. The number of nitrogens with zero attached hydrogens (tertiary/aromatic N) is 1. The van der Waals surface area contributed by atoms with Crippen molar-refractivity contribution >= 4 is 0 Å². The number of aryl methyl sites for hydroxylation is 2. The number of aliphatic hydroxyl groups is 1. The van der Waals surface area contributed by atoms with E-state index in [1.165, 1.54) is 0 Å². The first-order chi connectivity index (χ1) is 5.65. The lowest BCUT2D eigenvalue weighted by Crippen LogP contribution is -1.95. The summed E-state index contributed by atoms with van der Waals surface area (Å²) in [5.41, 5.74) is 0.717. The third-order valence-corrected chi connectivity index (χ3v) is 1.72. The second-order valence-corrected chi connectivity index (χ2v) is 2.75. The minimum Gasteiger partial charge on any atom is -0.466 e. The Morgan fingerprint density at radius 1 is 1.67 bits per heavy atom. The van der Waals surface area contributed by atoms with Gasteiger partial charge < -0.3 is 9.52 Å². The van der Waals surface area contributed by atoms with Gasteiger partial charge in [-0.05, 0) is 19.9 Å². The topological polar surface area (TPSA) is 57.2 Å². The second kappa shape index (κ2) is 3.42. The molecule has 1 rings (SSSR count). The predicted molar refractivity (Wildman–Crippen MR) is 43.4 cm³/mol. The van der Waals surface area contributed by atoms with E-state index in [1.54, 1.807) is 13.0 Å². The van der Waals surface area contributed by atoms with Gasteiger partial charge in [-0.15, -0.1) is 0 Å². The highest BCUT2D eigenvalue weighted by molar-refractivity contribution is 5.23. The summed E-state index contributed by atoms with van der Waals surface area (Å²) in [5, 5.41) is 17.8. The van der Waals surface area contributed by atoms with Crippen molar-refractivity contribution in [2.24, 2.45) is 0 Å². The molecule has 1 N–H and O–H groups in total. The molecule has 0 amide bonds. The molecule has 64 valence electrons. The molecule has 0 spiro atoms. The van der Waals surface area contributed by atoms with Gasteiger partial charge in [0.05, 0.1) is 18.6 Å². The van der Waals surface area contributed by atoms with Crippen LogP contribution in [-0.2, 0) is 0 Å². The van der Waals surface area contributed by atoms with E-state index in [-0.39, 0.29) is 6.42 Å². The Balaban J connectivity index is 2.88. The molecule has 0 aliphatic carbocycles. The molecule has 0 bridgehead atoms. The maximum Gasteiger partial charge on any atom is 0.106 e. The van der Waals surface area contributed by atoms with Crippen LogP contribution in [0.3, 0.4) is 0 Å². The van der Waals surface area contributed by atoms with Crippen LogP contribution in [0.4, 0.5) is 0 Å². The first kappa shape index (κ1) is 8.82. The molecule has 0 aliphatic rings. The number of hydrogen-bond donors (Lipinski definition) is 1. The van der Waals surface area contributed by atoms with Crippen molar-refractivity contribution in [2.75, 3.05) is 0 Å². The molecule has 1 heterocycles. The lowest BCUT2D eigenvalue weighted by Gasteiger charge is -2.02. The van der Waals surface area contributed by atoms with E-state index in [0.29, 0.717) is 11.3 Å². The van der Waals surface area contributed by atoms with Crippen LogP contribution in [0.5, 0.6) is 0 Å². The Morgan fingerprint density at radius 3 is 2.75 bits per heavy atom. The Hall–Kier alpha value is -1.27. The van der Waals surface area contributed by atoms with E-state index in [1.807, 2.05) is 13.0 Å². The molecule has 1 aromatic heterocycles. The average Bonchev–Trinajstić information content (AvgIpc) is 2.30. The van der Waals surface area contributed by atoms with E-state index < -0.39 is 6.10 Å². The minimum absolute atomic E-state index is 0.111. The second-order valence-electron chi connectivity index (χ2n) is 2.75. The molecule has 1 atom stereocenters. The fourth-order valence-electron chi connectivity index (χ4n) is 1.18. The highest BCUT2D eigenvalue weighted by atomic mass is 16.3. The van der Waals surface area contributed by atoms with Gasteiger partial charge in [0, 0.05) is 5.56 Å². The summed E-state index contributed by atoms with van der Waals surface area (Å²) in [6, 6.07) is 3.67. The van der Waals surface area contributed by atoms with E-state index >= 15 is 0 Å². The largest absolute Gasteiger partial charge is 0.466 e. The summed E-state index contributed by atoms with van der Waals surface area (Å²) in [6.45, 7) is 3.60. The van der Waals surface area contributed by atoms with Gasteiger partial charge >= 0.3 is 0 Å². The molecule has 3 heteroatoms. The van der Waals surface area contributed by atoms with Crippen molar-refractivity contribution in [3.05, 3.63) is 23.2 Å². The van der Waals surface area contributed by atoms with Crippen LogP contribution in [0, 0.1) is 25.2 Å². The lowest BCUT2D eigenvalue weighted by atomic mass is 10.1. The number of rotatable bonds is 2. The van der Waals surface area contributed by atoms with Crippen molar-refractivity contribution in [1.29, 1.82) is 5.26 Å². The smallest absolute Gasteiger partial charge is 0.106 e. The third-order valence-electron chi connectivity index (χ3n) is 1.72. The van der Waals surface area contributed by atoms with E-state index in [0.717, 1.165) is 5.76 Å². The maximum absolute atomic E-state index is 9.43. The molecule has 1 unspecified atom stereocenters. The fourth-order valence-corrected chi connectivity index (χ4v) is 1.18. The number of hydrogen-bond acceptors (Lipinski definition) is 3. The fraction of sp³-hybridized carbons (Fsp3) is 0.444. The molecular formula is C9H11NO2. The van der Waals surface area contributed by atoms with Gasteiger partial charge in [0.25, 0.3) is 0 Å². The van der Waals surface area contributed by atoms with Crippen LogP contribution in [0.25, 0.3) is 0 Å². The zero-order valence-electron chi connectivity index (χ0n) is 7.16. The summed E-state index contributed by atoms with van der Waals surface area (Å²) in [7, 11) is 0. The van der Waals surface area contributed by atoms with Gasteiger partial charge in [-0.25, -0.2) is 0 Å². The summed E-state index contributed by atoms with van der Waals surface area (Å²) in [5.74, 6) is 1.45. The summed E-state index contributed by atoms with van der Waals surface area (Å²) in [6.07, 6.45) is -0.604. The van der Waals surface area contributed by atoms with E-state index in [4.69, 9.17) is 9.68 Å². The van der Waals surface area contributed by atoms with E-state index in [9.17, 15) is 5.11 Å². The molecule has 0 radical (unpaired) electrons. The summed E-state index contributed by atoms with van der Waals surface area (Å²) in [4.78, 5) is 0. The zero-order chi connectivity index (χ0) is 9.14. The van der Waals surface area contributed by atoms with Crippen molar-refractivity contribution in [1.82, 2.24) is 0 Å². The van der Waals surface area contributed by atoms with Gasteiger partial charge in [-0.2, -0.15) is 5.26 Å². The standard InChI is InChI=1S/C9H11NO2/c1-6-5-8(7(2)12-6)9(11)3-4-10/h5,9,11H,3H2,1-2H3. The van der Waals surface area contributed by atoms with Gasteiger partial charge in [-0.3, -0.25) is 0 Å². The zero-order valence-corrected chi connectivity index (χ0v) is 7.16. The van der Waals surface area contributed by atoms with Gasteiger partial charge in [0.2, 0.25) is 0 Å². The molecular weight excluding hydrogens is 154 g/mol. The summed E-state index contributed by atoms with van der Waals surface area (Å²) < 4.78 is 5.21. The molecule has 0 fully saturated rings. The maximum atomic E-state index is 9.43. The number of aliphatic hydroxyl groups excluding tert-OH is 1. The van der Waals surface area contributed by atoms with Crippen LogP contribution in [0.2, 0.25) is 0 Å². The van der Waals surface area contributed by atoms with Crippen LogP contribution in [-0.4, -0.2) is 5.11 Å². The van der Waals surface area contributed by atoms with Crippen molar-refractivity contribution in [2.45, 2.75) is 26.4 Å². The van der Waals surface area contributed by atoms with Crippen LogP contribution < -0.4 is 0 Å². The van der Waals surface area contributed by atoms with Gasteiger partial charge in [0.1, 0.15) is 11.5 Å². The Kier molecular flexibility index (Phi) is 2.51. The van der Waals surface area contributed by atoms with Crippen LogP contribution in [0.1, 0.15) is 29.6 Å². The normalized spacial score (nSPS) is 12.5. The summed E-state index contributed by atoms with van der Waals surface area (Å²) >= 11 is 0. The van der Waals surface area contributed by atoms with Crippen LogP contribution >= 0.6 is 0 Å². The average molecular weight is 165 g/mol. The molecule has 0 aliphatic heterocycles. The van der Waals surface area contributed by atoms with Gasteiger partial charge in [-0.1, -0.05) is 0 Å². The predicted octanol–water partition coefficient (Wildman–Crippen LogP) is 1.84. The molecule has 1 aromatic rings. The SMILES string of the molecule is Cc1cc(C(O)CC#N)c(C)o1. The van der Waals surface area contributed by atoms with E-state index in [2.05, 4.69) is 0 Å². The molecule has 12 heavy (non-hydrogen) atoms. The monoisotopic (exact) mass is 165 g/mol. The van der Waals surface area contributed by atoms with Crippen molar-refractivity contribution in [3.8, 4) is 6.07 Å². The van der Waals surface area contributed by atoms with Gasteiger partial charge in [0.15, 0.2) is 0 Å². The molecule has 0 saturated heterocycles. The Labute approximate surface area is 71.2 Å². The third kappa shape index (κ3) is 1.66. The first-order valence-electron chi connectivity index (χ1n) is 3.77. The molecule has 3 nitrogen and oxygen atoms in total. The Morgan fingerprint density at radius 2 is 2.33 bits per heavy atom. The molecule has 0 aromatic carbocycles. The van der Waals surface area contributed by atoms with Crippen molar-refractivity contribution in [3.63, 3.8) is 0 Å². The van der Waals surface area contributed by atoms with Crippen molar-refractivity contribution < 1.29 is 9.52 Å².